The van der Waals surface area contributed by atoms with Gasteiger partial charge >= 0.3 is 0 Å². The summed E-state index contributed by atoms with van der Waals surface area (Å²) in [6.07, 6.45) is 3.12. The number of fused-ring (bicyclic) bond motifs is 1. The van der Waals surface area contributed by atoms with Gasteiger partial charge < -0.3 is 4.74 Å². The van der Waals surface area contributed by atoms with Crippen molar-refractivity contribution in [1.29, 1.82) is 0 Å². The Hall–Kier alpha value is -2.75. The Labute approximate surface area is 166 Å². The predicted octanol–water partition coefficient (Wildman–Crippen LogP) is 5.02. The van der Waals surface area contributed by atoms with Gasteiger partial charge in [0.15, 0.2) is 11.6 Å². The smallest absolute Gasteiger partial charge is 0.170 e. The predicted molar refractivity (Wildman–Crippen MR) is 113 cm³/mol. The number of aliphatic imine (C=N–C) groups is 2. The zero-order chi connectivity index (χ0) is 19.7. The lowest BCUT2D eigenvalue weighted by Crippen LogP contribution is -2.41. The topological polar surface area (TPSA) is 51.0 Å². The van der Waals surface area contributed by atoms with Crippen molar-refractivity contribution in [2.45, 2.75) is 52.1 Å². The zero-order valence-corrected chi connectivity index (χ0v) is 16.8. The van der Waals surface area contributed by atoms with Crippen LogP contribution < -0.4 is 4.74 Å². The molecule has 0 radical (unpaired) electrons. The molecule has 0 atom stereocenters. The summed E-state index contributed by atoms with van der Waals surface area (Å²) in [7, 11) is 0. The minimum atomic E-state index is -0.364. The van der Waals surface area contributed by atoms with E-state index in [1.54, 1.807) is 0 Å². The molecule has 0 aromatic heterocycles. The van der Waals surface area contributed by atoms with E-state index in [1.165, 1.54) is 5.56 Å². The van der Waals surface area contributed by atoms with Gasteiger partial charge in [0.25, 0.3) is 0 Å². The highest BCUT2D eigenvalue weighted by molar-refractivity contribution is 6.17. The number of benzene rings is 2. The van der Waals surface area contributed by atoms with Gasteiger partial charge in [0, 0.05) is 5.56 Å². The van der Waals surface area contributed by atoms with Crippen LogP contribution in [-0.2, 0) is 6.42 Å². The molecule has 0 spiro atoms. The molecule has 2 aromatic rings. The van der Waals surface area contributed by atoms with Crippen molar-refractivity contribution < 1.29 is 9.53 Å². The molecule has 4 nitrogen and oxygen atoms in total. The average Bonchev–Trinajstić information content (AvgIpc) is 3.23. The number of nitrogens with zero attached hydrogens (tertiary/aromatic N) is 2. The van der Waals surface area contributed by atoms with Crippen LogP contribution in [0.3, 0.4) is 0 Å². The Morgan fingerprint density at radius 3 is 2.39 bits per heavy atom. The molecule has 0 saturated carbocycles. The number of aryl methyl sites for hydroxylation is 1. The molecule has 0 bridgehead atoms. The molecule has 0 saturated heterocycles. The summed E-state index contributed by atoms with van der Waals surface area (Å²) in [5.74, 6) is 1.61. The molecule has 0 amide bonds. The first-order chi connectivity index (χ1) is 13.6. The second-order valence-corrected chi connectivity index (χ2v) is 7.55. The fourth-order valence-electron chi connectivity index (χ4n) is 3.87. The molecular formula is C24H26N2O2. The Morgan fingerprint density at radius 2 is 1.71 bits per heavy atom. The van der Waals surface area contributed by atoms with Crippen LogP contribution in [0.2, 0.25) is 0 Å². The molecule has 0 aliphatic carbocycles. The van der Waals surface area contributed by atoms with Crippen LogP contribution >= 0.6 is 0 Å². The number of hydrogen-bond donors (Lipinski definition) is 0. The summed E-state index contributed by atoms with van der Waals surface area (Å²) >= 11 is 0. The number of carbonyl (C=O) groups is 1. The van der Waals surface area contributed by atoms with Crippen molar-refractivity contribution >= 4 is 17.3 Å². The van der Waals surface area contributed by atoms with Gasteiger partial charge in [-0.15, -0.1) is 0 Å². The number of rotatable bonds is 5. The fourth-order valence-corrected chi connectivity index (χ4v) is 3.87. The van der Waals surface area contributed by atoms with Crippen LogP contribution in [0.1, 0.15) is 67.1 Å². The highest BCUT2D eigenvalue weighted by Gasteiger charge is 2.37. The van der Waals surface area contributed by atoms with Gasteiger partial charge in [-0.2, -0.15) is 0 Å². The summed E-state index contributed by atoms with van der Waals surface area (Å²) < 4.78 is 6.23. The van der Waals surface area contributed by atoms with E-state index in [-0.39, 0.29) is 11.4 Å². The van der Waals surface area contributed by atoms with E-state index in [1.807, 2.05) is 18.2 Å². The molecule has 28 heavy (non-hydrogen) atoms. The monoisotopic (exact) mass is 374 g/mol. The first-order valence-corrected chi connectivity index (χ1v) is 10.2. The largest absolute Gasteiger partial charge is 0.486 e. The van der Waals surface area contributed by atoms with E-state index in [0.29, 0.717) is 24.3 Å². The summed E-state index contributed by atoms with van der Waals surface area (Å²) in [4.78, 5) is 22.1. The number of amidine groups is 1. The first kappa shape index (κ1) is 18.6. The third kappa shape index (κ3) is 3.28. The molecule has 0 unspecified atom stereocenters. The summed E-state index contributed by atoms with van der Waals surface area (Å²) in [5.41, 5.74) is 4.47. The Morgan fingerprint density at radius 1 is 1.00 bits per heavy atom. The molecule has 144 valence electrons. The Bertz CT molecular complexity index is 967. The maximum Gasteiger partial charge on any atom is 0.170 e. The van der Waals surface area contributed by atoms with Crippen LogP contribution in [0.4, 0.5) is 0 Å². The molecule has 2 aromatic carbocycles. The number of ether oxygens (including phenoxy) is 1. The van der Waals surface area contributed by atoms with Crippen LogP contribution in [0.5, 0.6) is 5.75 Å². The molecule has 2 aliphatic heterocycles. The molecular weight excluding hydrogens is 348 g/mol. The minimum Gasteiger partial charge on any atom is -0.486 e. The highest BCUT2D eigenvalue weighted by atomic mass is 16.5. The van der Waals surface area contributed by atoms with Crippen LogP contribution in [0.15, 0.2) is 52.4 Å². The maximum atomic E-state index is 12.8. The lowest BCUT2D eigenvalue weighted by molar-refractivity contribution is 0.0350. The molecule has 4 heteroatoms. The lowest BCUT2D eigenvalue weighted by atomic mass is 9.85. The average molecular weight is 374 g/mol. The molecule has 0 fully saturated rings. The van der Waals surface area contributed by atoms with Gasteiger partial charge in [-0.1, -0.05) is 45.0 Å². The number of carbonyl (C=O) groups excluding carboxylic acids is 1. The second-order valence-electron chi connectivity index (χ2n) is 7.55. The van der Waals surface area contributed by atoms with Crippen LogP contribution in [0, 0.1) is 0 Å². The first-order valence-electron chi connectivity index (χ1n) is 10.2. The Balaban J connectivity index is 1.60. The van der Waals surface area contributed by atoms with Gasteiger partial charge in [-0.3, -0.25) is 9.79 Å². The van der Waals surface area contributed by atoms with Crippen molar-refractivity contribution in [2.24, 2.45) is 9.98 Å². The van der Waals surface area contributed by atoms with Gasteiger partial charge in [0.05, 0.1) is 24.2 Å². The van der Waals surface area contributed by atoms with Crippen LogP contribution in [0.25, 0.3) is 0 Å². The summed E-state index contributed by atoms with van der Waals surface area (Å²) in [6.45, 7) is 6.84. The third-order valence-corrected chi connectivity index (χ3v) is 5.95. The van der Waals surface area contributed by atoms with Crippen molar-refractivity contribution in [3.8, 4) is 5.75 Å². The van der Waals surface area contributed by atoms with Gasteiger partial charge in [-0.05, 0) is 48.6 Å². The van der Waals surface area contributed by atoms with Gasteiger partial charge in [0.1, 0.15) is 11.4 Å². The number of Topliss-reactive ketones (excluding diaryl/α,β-unsaturated/α-hetero) is 1. The minimum absolute atomic E-state index is 0.154. The van der Waals surface area contributed by atoms with Crippen molar-refractivity contribution in [3.63, 3.8) is 0 Å². The van der Waals surface area contributed by atoms with E-state index >= 15 is 0 Å². The van der Waals surface area contributed by atoms with E-state index in [9.17, 15) is 4.79 Å². The van der Waals surface area contributed by atoms with Crippen molar-refractivity contribution in [1.82, 2.24) is 0 Å². The zero-order valence-electron chi connectivity index (χ0n) is 16.8. The molecule has 4 rings (SSSR count). The number of ketones is 1. The normalized spacial score (nSPS) is 17.6. The molecule has 2 aliphatic rings. The van der Waals surface area contributed by atoms with Gasteiger partial charge in [0.2, 0.25) is 0 Å². The van der Waals surface area contributed by atoms with E-state index in [0.717, 1.165) is 41.9 Å². The van der Waals surface area contributed by atoms with E-state index < -0.39 is 0 Å². The third-order valence-electron chi connectivity index (χ3n) is 5.95. The standard InChI is InChI=1S/C24H26N2O2/c1-4-16-7-9-17(10-8-16)23-25-15-20(26-23)18-11-12-22-19(13-18)21(27)14-24(5-2,6-3)28-22/h7-13H,4-6,14-15H2,1-3H3. The highest BCUT2D eigenvalue weighted by Crippen LogP contribution is 2.37. The van der Waals surface area contributed by atoms with Crippen LogP contribution in [-0.4, -0.2) is 29.5 Å². The quantitative estimate of drug-likeness (QED) is 0.738. The number of hydrogen-bond acceptors (Lipinski definition) is 4. The van der Waals surface area contributed by atoms with Crippen molar-refractivity contribution in [2.75, 3.05) is 6.54 Å². The lowest BCUT2D eigenvalue weighted by Gasteiger charge is -2.36. The molecule has 0 N–H and O–H groups in total. The summed E-state index contributed by atoms with van der Waals surface area (Å²) in [6, 6.07) is 14.2. The van der Waals surface area contributed by atoms with Gasteiger partial charge in [-0.25, -0.2) is 4.99 Å². The Kier molecular flexibility index (Phi) is 4.88. The maximum absolute atomic E-state index is 12.8. The summed E-state index contributed by atoms with van der Waals surface area (Å²) in [5, 5.41) is 0. The van der Waals surface area contributed by atoms with Crippen molar-refractivity contribution in [3.05, 3.63) is 64.7 Å². The molecule has 2 heterocycles. The van der Waals surface area contributed by atoms with E-state index in [4.69, 9.17) is 9.73 Å². The SMILES string of the molecule is CCc1ccc(C2=NCC(c3ccc4c(c3)C(=O)CC(CC)(CC)O4)=N2)cc1. The fraction of sp³-hybridized carbons (Fsp3) is 0.375. The van der Waals surface area contributed by atoms with E-state index in [2.05, 4.69) is 50.0 Å². The second kappa shape index (κ2) is 7.34.